The quantitative estimate of drug-likeness (QED) is 0.514. The summed E-state index contributed by atoms with van der Waals surface area (Å²) in [4.78, 5) is 22.5. The van der Waals surface area contributed by atoms with Crippen molar-refractivity contribution in [2.45, 2.75) is 39.0 Å². The highest BCUT2D eigenvalue weighted by atomic mass is 16.1. The van der Waals surface area contributed by atoms with Crippen LogP contribution in [0.4, 0.5) is 0 Å². The minimum absolute atomic E-state index is 0.0781. The molecule has 1 amide bonds. The van der Waals surface area contributed by atoms with E-state index in [0.29, 0.717) is 29.5 Å². The molecule has 6 heteroatoms. The minimum Gasteiger partial charge on any atom is -0.352 e. The van der Waals surface area contributed by atoms with Crippen LogP contribution in [-0.2, 0) is 6.42 Å². The number of aromatic nitrogens is 4. The molecule has 1 saturated carbocycles. The lowest BCUT2D eigenvalue weighted by molar-refractivity contribution is 0.0955. The Morgan fingerprint density at radius 1 is 1.13 bits per heavy atom. The van der Waals surface area contributed by atoms with E-state index in [9.17, 15) is 4.79 Å². The standard InChI is InChI=1S/C25H25N5O/c1-16-6-5-7-18(14-16)11-13-27-25(31)20-15-21(19-9-10-19)28-24-23(20)17(2)29-30(24)22-8-3-4-12-26-22/h3-8,12,14-15,19H,9-11,13H2,1-2H3,(H,27,31). The molecule has 4 aromatic rings. The molecule has 3 heterocycles. The molecule has 1 fully saturated rings. The lowest BCUT2D eigenvalue weighted by Gasteiger charge is -2.10. The zero-order valence-corrected chi connectivity index (χ0v) is 17.8. The molecular weight excluding hydrogens is 386 g/mol. The molecule has 0 bridgehead atoms. The number of hydrogen-bond donors (Lipinski definition) is 1. The fraction of sp³-hybridized carbons (Fsp3) is 0.280. The van der Waals surface area contributed by atoms with Crippen molar-refractivity contribution in [3.8, 4) is 5.82 Å². The van der Waals surface area contributed by atoms with Crippen LogP contribution in [0.25, 0.3) is 16.9 Å². The molecule has 1 aliphatic carbocycles. The van der Waals surface area contributed by atoms with E-state index in [-0.39, 0.29) is 5.91 Å². The highest BCUT2D eigenvalue weighted by Gasteiger charge is 2.29. The average molecular weight is 412 g/mol. The molecule has 5 rings (SSSR count). The minimum atomic E-state index is -0.0781. The SMILES string of the molecule is Cc1cccc(CCNC(=O)c2cc(C3CC3)nc3c2c(C)nn3-c2ccccn2)c1. The molecule has 0 spiro atoms. The summed E-state index contributed by atoms with van der Waals surface area (Å²) in [6.45, 7) is 4.58. The third kappa shape index (κ3) is 3.93. The van der Waals surface area contributed by atoms with Gasteiger partial charge < -0.3 is 5.32 Å². The molecule has 156 valence electrons. The van der Waals surface area contributed by atoms with Crippen LogP contribution in [-0.4, -0.2) is 32.2 Å². The van der Waals surface area contributed by atoms with Gasteiger partial charge in [0.1, 0.15) is 0 Å². The van der Waals surface area contributed by atoms with Crippen LogP contribution in [0.1, 0.15) is 51.6 Å². The third-order valence-electron chi connectivity index (χ3n) is 5.72. The van der Waals surface area contributed by atoms with E-state index >= 15 is 0 Å². The van der Waals surface area contributed by atoms with Crippen molar-refractivity contribution in [2.24, 2.45) is 0 Å². The zero-order valence-electron chi connectivity index (χ0n) is 17.8. The van der Waals surface area contributed by atoms with Crippen molar-refractivity contribution in [1.29, 1.82) is 0 Å². The van der Waals surface area contributed by atoms with Crippen LogP contribution >= 0.6 is 0 Å². The molecule has 0 aliphatic heterocycles. The Bertz CT molecular complexity index is 1260. The number of nitrogens with zero attached hydrogens (tertiary/aromatic N) is 4. The zero-order chi connectivity index (χ0) is 21.4. The molecule has 3 aromatic heterocycles. The summed E-state index contributed by atoms with van der Waals surface area (Å²) in [5, 5.41) is 8.57. The average Bonchev–Trinajstić information content (AvgIpc) is 3.57. The van der Waals surface area contributed by atoms with Gasteiger partial charge >= 0.3 is 0 Å². The Balaban J connectivity index is 1.48. The lowest BCUT2D eigenvalue weighted by atomic mass is 10.1. The van der Waals surface area contributed by atoms with Gasteiger partial charge in [-0.25, -0.2) is 9.97 Å². The fourth-order valence-electron chi connectivity index (χ4n) is 4.00. The first-order chi connectivity index (χ1) is 15.1. The summed E-state index contributed by atoms with van der Waals surface area (Å²) in [5.74, 6) is 1.05. The Labute approximate surface area is 181 Å². The number of pyridine rings is 2. The lowest BCUT2D eigenvalue weighted by Crippen LogP contribution is -2.26. The normalized spacial score (nSPS) is 13.5. The molecule has 1 N–H and O–H groups in total. The second-order valence-electron chi connectivity index (χ2n) is 8.25. The molecule has 0 radical (unpaired) electrons. The van der Waals surface area contributed by atoms with Gasteiger partial charge in [-0.1, -0.05) is 35.9 Å². The van der Waals surface area contributed by atoms with E-state index in [2.05, 4.69) is 46.6 Å². The number of carbonyl (C=O) groups is 1. The van der Waals surface area contributed by atoms with Crippen LogP contribution in [0.2, 0.25) is 0 Å². The smallest absolute Gasteiger partial charge is 0.252 e. The third-order valence-corrected chi connectivity index (χ3v) is 5.72. The monoisotopic (exact) mass is 411 g/mol. The predicted octanol–water partition coefficient (Wildman–Crippen LogP) is 4.28. The van der Waals surface area contributed by atoms with Crippen molar-refractivity contribution in [3.05, 3.63) is 82.8 Å². The van der Waals surface area contributed by atoms with Gasteiger partial charge in [0.25, 0.3) is 5.91 Å². The van der Waals surface area contributed by atoms with Gasteiger partial charge in [0.05, 0.1) is 16.6 Å². The number of nitrogens with one attached hydrogen (secondary N) is 1. The number of benzene rings is 1. The van der Waals surface area contributed by atoms with Crippen molar-refractivity contribution in [1.82, 2.24) is 25.1 Å². The molecule has 0 saturated heterocycles. The summed E-state index contributed by atoms with van der Waals surface area (Å²) in [7, 11) is 0. The maximum Gasteiger partial charge on any atom is 0.252 e. The van der Waals surface area contributed by atoms with Crippen LogP contribution < -0.4 is 5.32 Å². The molecule has 31 heavy (non-hydrogen) atoms. The Morgan fingerprint density at radius 3 is 2.74 bits per heavy atom. The summed E-state index contributed by atoms with van der Waals surface area (Å²) >= 11 is 0. The van der Waals surface area contributed by atoms with Gasteiger partial charge in [-0.15, -0.1) is 0 Å². The van der Waals surface area contributed by atoms with E-state index in [1.165, 1.54) is 11.1 Å². The Kier molecular flexibility index (Phi) is 4.98. The second-order valence-corrected chi connectivity index (χ2v) is 8.25. The first kappa shape index (κ1) is 19.4. The fourth-order valence-corrected chi connectivity index (χ4v) is 4.00. The predicted molar refractivity (Wildman–Crippen MR) is 121 cm³/mol. The molecule has 1 aliphatic rings. The molecule has 0 atom stereocenters. The topological polar surface area (TPSA) is 72.7 Å². The number of fused-ring (bicyclic) bond motifs is 1. The number of hydrogen-bond acceptors (Lipinski definition) is 4. The van der Waals surface area contributed by atoms with E-state index in [4.69, 9.17) is 4.98 Å². The molecular formula is C25H25N5O. The van der Waals surface area contributed by atoms with Crippen molar-refractivity contribution in [3.63, 3.8) is 0 Å². The van der Waals surface area contributed by atoms with Gasteiger partial charge in [0.2, 0.25) is 0 Å². The number of rotatable bonds is 6. The molecule has 6 nitrogen and oxygen atoms in total. The first-order valence-electron chi connectivity index (χ1n) is 10.8. The van der Waals surface area contributed by atoms with E-state index < -0.39 is 0 Å². The number of aryl methyl sites for hydroxylation is 2. The summed E-state index contributed by atoms with van der Waals surface area (Å²) in [6, 6.07) is 16.0. The van der Waals surface area contributed by atoms with Crippen LogP contribution in [0.15, 0.2) is 54.7 Å². The van der Waals surface area contributed by atoms with E-state index in [0.717, 1.165) is 36.0 Å². The maximum atomic E-state index is 13.2. The van der Waals surface area contributed by atoms with Gasteiger partial charge in [0, 0.05) is 24.4 Å². The summed E-state index contributed by atoms with van der Waals surface area (Å²) in [6.07, 6.45) is 4.76. The largest absolute Gasteiger partial charge is 0.352 e. The Hall–Kier alpha value is -3.54. The van der Waals surface area contributed by atoms with E-state index in [1.807, 2.05) is 31.2 Å². The van der Waals surface area contributed by atoms with Crippen molar-refractivity contribution in [2.75, 3.05) is 6.54 Å². The van der Waals surface area contributed by atoms with Gasteiger partial charge in [-0.2, -0.15) is 9.78 Å². The highest BCUT2D eigenvalue weighted by molar-refractivity contribution is 6.06. The Morgan fingerprint density at radius 2 is 2.00 bits per heavy atom. The summed E-state index contributed by atoms with van der Waals surface area (Å²) < 4.78 is 1.75. The van der Waals surface area contributed by atoms with Gasteiger partial charge in [-0.05, 0) is 56.9 Å². The number of carbonyl (C=O) groups excluding carboxylic acids is 1. The van der Waals surface area contributed by atoms with Crippen molar-refractivity contribution < 1.29 is 4.79 Å². The molecule has 0 unspecified atom stereocenters. The summed E-state index contributed by atoms with van der Waals surface area (Å²) in [5.41, 5.74) is 5.54. The van der Waals surface area contributed by atoms with Crippen molar-refractivity contribution >= 4 is 16.9 Å². The van der Waals surface area contributed by atoms with E-state index in [1.54, 1.807) is 10.9 Å². The van der Waals surface area contributed by atoms with Crippen LogP contribution in [0, 0.1) is 13.8 Å². The van der Waals surface area contributed by atoms with Crippen LogP contribution in [0.3, 0.4) is 0 Å². The maximum absolute atomic E-state index is 13.2. The number of amides is 1. The molecule has 1 aromatic carbocycles. The van der Waals surface area contributed by atoms with Gasteiger partial charge in [0.15, 0.2) is 11.5 Å². The van der Waals surface area contributed by atoms with Crippen LogP contribution in [0.5, 0.6) is 0 Å². The highest BCUT2D eigenvalue weighted by Crippen LogP contribution is 2.40. The first-order valence-corrected chi connectivity index (χ1v) is 10.8. The van der Waals surface area contributed by atoms with Gasteiger partial charge in [-0.3, -0.25) is 4.79 Å². The second kappa shape index (κ2) is 7.95.